The van der Waals surface area contributed by atoms with E-state index in [1.807, 2.05) is 0 Å². The summed E-state index contributed by atoms with van der Waals surface area (Å²) in [5, 5.41) is 0. The zero-order valence-corrected chi connectivity index (χ0v) is 2.37. The molecule has 0 aliphatic heterocycles. The zero-order chi connectivity index (χ0) is 0. The monoisotopic (exact) mass is 121 g/mol. The molecule has 1 radical (unpaired) electrons. The van der Waals surface area contributed by atoms with Crippen LogP contribution >= 0.6 is 0 Å². The third kappa shape index (κ3) is 10.8. The second kappa shape index (κ2) is 30.0. The molecular formula is H6CoMgO2. The second-order valence-corrected chi connectivity index (χ2v) is 0. The first-order valence-corrected chi connectivity index (χ1v) is 0. The smallest absolute Gasteiger partial charge is 0.316 e. The molecule has 0 amide bonds. The van der Waals surface area contributed by atoms with E-state index < -0.39 is 0 Å². The molecule has 0 bridgehead atoms. The molecule has 0 aliphatic carbocycles. The van der Waals surface area contributed by atoms with Crippen molar-refractivity contribution in [2.24, 2.45) is 0 Å². The van der Waals surface area contributed by atoms with Gasteiger partial charge in [-0.2, -0.15) is 0 Å². The molecule has 0 saturated carbocycles. The molecule has 0 rings (SSSR count). The first-order valence-electron chi connectivity index (χ1n) is 0. The van der Waals surface area contributed by atoms with E-state index in [0.717, 1.165) is 0 Å². The first-order chi connectivity index (χ1) is 0. The summed E-state index contributed by atoms with van der Waals surface area (Å²) in [4.78, 5) is 0. The largest absolute Gasteiger partial charge is 0.412 e. The molecule has 4 heteroatoms. The summed E-state index contributed by atoms with van der Waals surface area (Å²) in [5.41, 5.74) is 0. The molecule has 0 heterocycles. The Hall–Kier alpha value is 1.19. The van der Waals surface area contributed by atoms with E-state index in [-0.39, 0.29) is 50.8 Å². The maximum absolute atomic E-state index is 0. The maximum Gasteiger partial charge on any atom is 0.316 e. The molecule has 0 aromatic rings. The molecule has 2 nitrogen and oxygen atoms in total. The molecule has 29 valence electrons. The molecule has 0 aliphatic rings. The van der Waals surface area contributed by atoms with Gasteiger partial charge in [-0.3, -0.25) is 0 Å². The van der Waals surface area contributed by atoms with Crippen molar-refractivity contribution in [1.82, 2.24) is 0 Å². The standard InChI is InChI=1S/Co.Mg.2H2O.2H/h;;2*1H2;;. The van der Waals surface area contributed by atoms with Crippen LogP contribution in [0.25, 0.3) is 0 Å². The van der Waals surface area contributed by atoms with Gasteiger partial charge in [0.1, 0.15) is 0 Å². The van der Waals surface area contributed by atoms with Crippen molar-refractivity contribution in [2.45, 2.75) is 0 Å². The molecular weight excluding hydrogens is 115 g/mol. The minimum absolute atomic E-state index is 0. The summed E-state index contributed by atoms with van der Waals surface area (Å²) in [6, 6.07) is 0. The van der Waals surface area contributed by atoms with Gasteiger partial charge in [0.25, 0.3) is 0 Å². The van der Waals surface area contributed by atoms with Crippen LogP contribution in [0.15, 0.2) is 0 Å². The summed E-state index contributed by atoms with van der Waals surface area (Å²) in [6.07, 6.45) is 0. The average Bonchev–Trinajstić information content (AvgIpc) is 0. The van der Waals surface area contributed by atoms with Gasteiger partial charge in [-0.25, -0.2) is 0 Å². The molecule has 0 atom stereocenters. The van der Waals surface area contributed by atoms with Gasteiger partial charge in [0.05, 0.1) is 0 Å². The van der Waals surface area contributed by atoms with Crippen molar-refractivity contribution in [3.05, 3.63) is 0 Å². The molecule has 0 aromatic carbocycles. The Labute approximate surface area is 50.9 Å². The van der Waals surface area contributed by atoms with Crippen LogP contribution in [0, 0.1) is 0 Å². The molecule has 0 spiro atoms. The fourth-order valence-corrected chi connectivity index (χ4v) is 0. The fraction of sp³-hybridized carbons (Fsp3) is 0. The number of hydrogen-bond acceptors (Lipinski definition) is 0. The van der Waals surface area contributed by atoms with Gasteiger partial charge >= 0.3 is 23.1 Å². The van der Waals surface area contributed by atoms with Crippen molar-refractivity contribution in [3.63, 3.8) is 0 Å². The Morgan fingerprint density at radius 1 is 0.750 bits per heavy atom. The summed E-state index contributed by atoms with van der Waals surface area (Å²) in [7, 11) is 0. The van der Waals surface area contributed by atoms with E-state index in [0.29, 0.717) is 0 Å². The van der Waals surface area contributed by atoms with E-state index in [9.17, 15) is 0 Å². The molecule has 0 unspecified atom stereocenters. The minimum atomic E-state index is 0. The van der Waals surface area contributed by atoms with Crippen LogP contribution in [0.4, 0.5) is 0 Å². The molecule has 4 N–H and O–H groups in total. The third-order valence-electron chi connectivity index (χ3n) is 0. The van der Waals surface area contributed by atoms with Crippen molar-refractivity contribution in [1.29, 1.82) is 0 Å². The Bertz CT molecular complexity index is 6.00. The Kier molecular flexibility index (Phi) is 482. The van der Waals surface area contributed by atoms with Crippen LogP contribution in [0.2, 0.25) is 0 Å². The van der Waals surface area contributed by atoms with Crippen LogP contribution in [0.3, 0.4) is 0 Å². The summed E-state index contributed by atoms with van der Waals surface area (Å²) >= 11 is 0. The fourth-order valence-electron chi connectivity index (χ4n) is 0. The topological polar surface area (TPSA) is 63.0 Å². The second-order valence-electron chi connectivity index (χ2n) is 0. The van der Waals surface area contributed by atoms with Gasteiger partial charge in [-0.15, -0.1) is 0 Å². The van der Waals surface area contributed by atoms with Crippen LogP contribution in [0.5, 0.6) is 0 Å². The summed E-state index contributed by atoms with van der Waals surface area (Å²) in [6.45, 7) is 0. The third-order valence-corrected chi connectivity index (χ3v) is 0. The van der Waals surface area contributed by atoms with Crippen molar-refractivity contribution < 1.29 is 27.7 Å². The van der Waals surface area contributed by atoms with E-state index >= 15 is 0 Å². The Morgan fingerprint density at radius 2 is 0.750 bits per heavy atom. The van der Waals surface area contributed by atoms with Crippen LogP contribution in [-0.2, 0) is 16.8 Å². The SMILES string of the molecule is O.O.[Co].[MgH2]. The Balaban J connectivity index is 0. The average molecular weight is 121 g/mol. The van der Waals surface area contributed by atoms with Crippen LogP contribution < -0.4 is 0 Å². The summed E-state index contributed by atoms with van der Waals surface area (Å²) in [5.74, 6) is 0. The molecule has 0 aromatic heterocycles. The normalized spacial score (nSPS) is 0. The van der Waals surface area contributed by atoms with Gasteiger partial charge < -0.3 is 11.0 Å². The van der Waals surface area contributed by atoms with E-state index in [1.165, 1.54) is 0 Å². The first kappa shape index (κ1) is 64.2. The zero-order valence-electron chi connectivity index (χ0n) is 1.33. The Morgan fingerprint density at radius 3 is 0.750 bits per heavy atom. The van der Waals surface area contributed by atoms with Gasteiger partial charge in [-0.05, 0) is 0 Å². The maximum atomic E-state index is 0. The van der Waals surface area contributed by atoms with Crippen LogP contribution in [-0.4, -0.2) is 34.0 Å². The van der Waals surface area contributed by atoms with Crippen LogP contribution in [0.1, 0.15) is 0 Å². The molecule has 0 saturated heterocycles. The molecule has 4 heavy (non-hydrogen) atoms. The van der Waals surface area contributed by atoms with Crippen molar-refractivity contribution in [2.75, 3.05) is 0 Å². The van der Waals surface area contributed by atoms with Crippen molar-refractivity contribution >= 4 is 23.1 Å². The van der Waals surface area contributed by atoms with E-state index in [2.05, 4.69) is 0 Å². The number of rotatable bonds is 0. The van der Waals surface area contributed by atoms with Gasteiger partial charge in [-0.1, -0.05) is 0 Å². The van der Waals surface area contributed by atoms with Crippen molar-refractivity contribution in [3.8, 4) is 0 Å². The van der Waals surface area contributed by atoms with Gasteiger partial charge in [0.15, 0.2) is 0 Å². The predicted molar refractivity (Wildman–Crippen MR) is 15.8 cm³/mol. The summed E-state index contributed by atoms with van der Waals surface area (Å²) < 4.78 is 0. The van der Waals surface area contributed by atoms with Gasteiger partial charge in [0.2, 0.25) is 0 Å². The number of hydrogen-bond donors (Lipinski definition) is 0. The quantitative estimate of drug-likeness (QED) is 0.316. The van der Waals surface area contributed by atoms with E-state index in [1.54, 1.807) is 0 Å². The minimum Gasteiger partial charge on any atom is -0.412 e. The van der Waals surface area contributed by atoms with E-state index in [4.69, 9.17) is 0 Å². The molecule has 0 fully saturated rings. The predicted octanol–water partition coefficient (Wildman–Crippen LogP) is -2.57. The van der Waals surface area contributed by atoms with Gasteiger partial charge in [0, 0.05) is 16.8 Å².